The highest BCUT2D eigenvalue weighted by Gasteiger charge is 2.28. The van der Waals surface area contributed by atoms with Crippen LogP contribution < -0.4 is 10.6 Å². The zero-order valence-corrected chi connectivity index (χ0v) is 19.9. The highest BCUT2D eigenvalue weighted by atomic mass is 35.5. The molecule has 0 radical (unpaired) electrons. The summed E-state index contributed by atoms with van der Waals surface area (Å²) in [5.74, 6) is -0.224. The van der Waals surface area contributed by atoms with Crippen molar-refractivity contribution >= 4 is 35.0 Å². The van der Waals surface area contributed by atoms with Gasteiger partial charge in [-0.3, -0.25) is 9.59 Å². The second kappa shape index (κ2) is 12.7. The monoisotopic (exact) mass is 462 g/mol. The quantitative estimate of drug-likeness (QED) is 0.352. The van der Waals surface area contributed by atoms with E-state index in [9.17, 15) is 9.59 Å². The van der Waals surface area contributed by atoms with Crippen molar-refractivity contribution in [3.05, 3.63) is 69.7 Å². The maximum atomic E-state index is 12.6. The maximum absolute atomic E-state index is 12.6. The van der Waals surface area contributed by atoms with E-state index in [4.69, 9.17) is 23.2 Å². The zero-order chi connectivity index (χ0) is 22.7. The fraction of sp³-hybridized carbons (Fsp3) is 0.440. The number of hydrogen-bond acceptors (Lipinski definition) is 2. The molecule has 2 amide bonds. The van der Waals surface area contributed by atoms with Crippen LogP contribution >= 0.6 is 23.2 Å². The third-order valence-electron chi connectivity index (χ3n) is 5.78. The van der Waals surface area contributed by atoms with Crippen LogP contribution in [0.3, 0.4) is 0 Å². The van der Waals surface area contributed by atoms with Crippen molar-refractivity contribution < 1.29 is 9.59 Å². The van der Waals surface area contributed by atoms with E-state index in [-0.39, 0.29) is 17.2 Å². The highest BCUT2D eigenvalue weighted by Crippen LogP contribution is 2.33. The van der Waals surface area contributed by atoms with Crippen LogP contribution in [0.4, 0.5) is 0 Å². The topological polar surface area (TPSA) is 58.2 Å². The summed E-state index contributed by atoms with van der Waals surface area (Å²) in [6.45, 7) is 5.54. The molecular formula is C25H32Cl2N2O2. The molecule has 2 aromatic rings. The van der Waals surface area contributed by atoms with Crippen molar-refractivity contribution in [1.82, 2.24) is 10.6 Å². The van der Waals surface area contributed by atoms with Crippen LogP contribution in [0.15, 0.2) is 48.5 Å². The Morgan fingerprint density at radius 2 is 1.39 bits per heavy atom. The normalized spacial score (nSPS) is 12.8. The summed E-state index contributed by atoms with van der Waals surface area (Å²) in [7, 11) is 0. The lowest BCUT2D eigenvalue weighted by atomic mass is 9.76. The molecule has 31 heavy (non-hydrogen) atoms. The van der Waals surface area contributed by atoms with Crippen LogP contribution in [0.25, 0.3) is 0 Å². The fourth-order valence-electron chi connectivity index (χ4n) is 3.73. The molecule has 1 unspecified atom stereocenters. The molecule has 0 aromatic heterocycles. The number of hydrogen-bond donors (Lipinski definition) is 2. The van der Waals surface area contributed by atoms with Crippen LogP contribution in [0, 0.1) is 5.41 Å². The summed E-state index contributed by atoms with van der Waals surface area (Å²) in [5, 5.41) is 7.19. The lowest BCUT2D eigenvalue weighted by Gasteiger charge is -2.33. The minimum Gasteiger partial charge on any atom is -0.352 e. The molecule has 0 spiro atoms. The summed E-state index contributed by atoms with van der Waals surface area (Å²) in [5.41, 5.74) is 1.14. The van der Waals surface area contributed by atoms with Gasteiger partial charge in [0.2, 0.25) is 0 Å². The van der Waals surface area contributed by atoms with E-state index in [0.717, 1.165) is 38.5 Å². The molecule has 2 rings (SSSR count). The first-order valence-corrected chi connectivity index (χ1v) is 11.7. The first kappa shape index (κ1) is 25.2. The minimum absolute atomic E-state index is 0.00499. The van der Waals surface area contributed by atoms with Gasteiger partial charge in [-0.05, 0) is 67.5 Å². The Labute approximate surface area is 195 Å². The second-order valence-corrected chi connectivity index (χ2v) is 8.89. The molecule has 0 saturated heterocycles. The predicted octanol–water partition coefficient (Wildman–Crippen LogP) is 6.52. The molecule has 4 nitrogen and oxygen atoms in total. The number of carbonyl (C=O) groups excluding carboxylic acids is 2. The van der Waals surface area contributed by atoms with Gasteiger partial charge in [-0.2, -0.15) is 0 Å². The molecule has 2 aromatic carbocycles. The highest BCUT2D eigenvalue weighted by molar-refractivity contribution is 6.31. The molecule has 0 fully saturated rings. The Hall–Kier alpha value is -2.04. The largest absolute Gasteiger partial charge is 0.352 e. The van der Waals surface area contributed by atoms with Gasteiger partial charge in [0.05, 0.1) is 0 Å². The summed E-state index contributed by atoms with van der Waals surface area (Å²) in [4.78, 5) is 24.9. The SMILES string of the molecule is CCCCC(CC)(CCCNC(=O)c1cccc(Cl)c1)CNC(=O)c1cccc(Cl)c1. The molecule has 168 valence electrons. The zero-order valence-electron chi connectivity index (χ0n) is 18.3. The van der Waals surface area contributed by atoms with E-state index in [2.05, 4.69) is 24.5 Å². The standard InChI is InChI=1S/C25H32Cl2N2O2/c1-3-5-13-25(4-2,18-29-24(31)20-10-7-12-22(27)17-20)14-8-15-28-23(30)19-9-6-11-21(26)16-19/h6-7,9-12,16-17H,3-5,8,13-15,18H2,1-2H3,(H,28,30)(H,29,31). The van der Waals surface area contributed by atoms with E-state index >= 15 is 0 Å². The van der Waals surface area contributed by atoms with Crippen LogP contribution in [0.1, 0.15) is 73.1 Å². The van der Waals surface area contributed by atoms with Gasteiger partial charge >= 0.3 is 0 Å². The number of benzene rings is 2. The lowest BCUT2D eigenvalue weighted by molar-refractivity contribution is 0.0916. The Kier molecular flexibility index (Phi) is 10.4. The molecule has 0 aliphatic rings. The Morgan fingerprint density at radius 3 is 1.90 bits per heavy atom. The van der Waals surface area contributed by atoms with E-state index in [0.29, 0.717) is 34.3 Å². The van der Waals surface area contributed by atoms with Crippen molar-refractivity contribution in [1.29, 1.82) is 0 Å². The molecule has 0 heterocycles. The van der Waals surface area contributed by atoms with Gasteiger partial charge in [0.15, 0.2) is 0 Å². The number of nitrogens with one attached hydrogen (secondary N) is 2. The van der Waals surface area contributed by atoms with Crippen molar-refractivity contribution in [2.45, 2.75) is 52.4 Å². The molecular weight excluding hydrogens is 431 g/mol. The van der Waals surface area contributed by atoms with Gasteiger partial charge in [0.1, 0.15) is 0 Å². The summed E-state index contributed by atoms with van der Waals surface area (Å²) in [6.07, 6.45) is 5.99. The number of unbranched alkanes of at least 4 members (excludes halogenated alkanes) is 1. The van der Waals surface area contributed by atoms with Crippen molar-refractivity contribution in [2.24, 2.45) is 5.41 Å². The minimum atomic E-state index is -0.118. The molecule has 1 atom stereocenters. The maximum Gasteiger partial charge on any atom is 0.251 e. The third-order valence-corrected chi connectivity index (χ3v) is 6.25. The van der Waals surface area contributed by atoms with Crippen molar-refractivity contribution in [2.75, 3.05) is 13.1 Å². The smallest absolute Gasteiger partial charge is 0.251 e. The number of amides is 2. The lowest BCUT2D eigenvalue weighted by Crippen LogP contribution is -2.38. The van der Waals surface area contributed by atoms with Crippen molar-refractivity contribution in [3.63, 3.8) is 0 Å². The van der Waals surface area contributed by atoms with Gasteiger partial charge in [0, 0.05) is 34.3 Å². The molecule has 0 aliphatic carbocycles. The van der Waals surface area contributed by atoms with Crippen molar-refractivity contribution in [3.8, 4) is 0 Å². The van der Waals surface area contributed by atoms with E-state index in [1.54, 1.807) is 48.5 Å². The first-order chi connectivity index (χ1) is 14.9. The number of halogens is 2. The van der Waals surface area contributed by atoms with Gasteiger partial charge in [-0.25, -0.2) is 0 Å². The van der Waals surface area contributed by atoms with Gasteiger partial charge < -0.3 is 10.6 Å². The first-order valence-electron chi connectivity index (χ1n) is 11.0. The van der Waals surface area contributed by atoms with Gasteiger partial charge in [-0.1, -0.05) is 62.0 Å². The van der Waals surface area contributed by atoms with Crippen LogP contribution in [0.5, 0.6) is 0 Å². The molecule has 6 heteroatoms. The van der Waals surface area contributed by atoms with Crippen LogP contribution in [-0.4, -0.2) is 24.9 Å². The third kappa shape index (κ3) is 8.19. The predicted molar refractivity (Wildman–Crippen MR) is 129 cm³/mol. The Bertz CT molecular complexity index is 872. The van der Waals surface area contributed by atoms with Gasteiger partial charge in [-0.15, -0.1) is 0 Å². The molecule has 0 bridgehead atoms. The van der Waals surface area contributed by atoms with E-state index in [1.807, 2.05) is 0 Å². The Balaban J connectivity index is 1.92. The summed E-state index contributed by atoms with van der Waals surface area (Å²) in [6, 6.07) is 13.9. The fourth-order valence-corrected chi connectivity index (χ4v) is 4.11. The Morgan fingerprint density at radius 1 is 0.839 bits per heavy atom. The number of carbonyl (C=O) groups is 2. The summed E-state index contributed by atoms with van der Waals surface area (Å²) >= 11 is 12.0. The molecule has 0 saturated carbocycles. The van der Waals surface area contributed by atoms with E-state index < -0.39 is 0 Å². The van der Waals surface area contributed by atoms with Crippen LogP contribution in [-0.2, 0) is 0 Å². The summed E-state index contributed by atoms with van der Waals surface area (Å²) < 4.78 is 0. The average molecular weight is 463 g/mol. The molecule has 2 N–H and O–H groups in total. The second-order valence-electron chi connectivity index (χ2n) is 8.02. The van der Waals surface area contributed by atoms with Crippen LogP contribution in [0.2, 0.25) is 10.0 Å². The average Bonchev–Trinajstić information content (AvgIpc) is 2.77. The molecule has 0 aliphatic heterocycles. The van der Waals surface area contributed by atoms with E-state index in [1.165, 1.54) is 0 Å². The number of rotatable bonds is 12. The van der Waals surface area contributed by atoms with Gasteiger partial charge in [0.25, 0.3) is 11.8 Å².